The van der Waals surface area contributed by atoms with Gasteiger partial charge >= 0.3 is 0 Å². The maximum absolute atomic E-state index is 11.3. The Morgan fingerprint density at radius 1 is 1.43 bits per heavy atom. The van der Waals surface area contributed by atoms with Crippen LogP contribution in [0, 0.1) is 0 Å². The van der Waals surface area contributed by atoms with Crippen LogP contribution in [0.4, 0.5) is 0 Å². The second-order valence-electron chi connectivity index (χ2n) is 2.94. The van der Waals surface area contributed by atoms with E-state index in [9.17, 15) is 4.79 Å². The van der Waals surface area contributed by atoms with Gasteiger partial charge in [0.1, 0.15) is 5.75 Å². The van der Waals surface area contributed by atoms with Crippen molar-refractivity contribution < 1.29 is 9.53 Å². The standard InChI is InChI=1S/C11H15NO2/c1-3-10(11(13)12-2)14-9-7-5-4-6-8-9/h4-8,10H,3H2,1-2H3,(H,12,13)/t10-/m1/s1. The SMILES string of the molecule is CC[C@@H](Oc1ccccc1)C(=O)NC. The van der Waals surface area contributed by atoms with E-state index in [1.54, 1.807) is 7.05 Å². The molecular weight excluding hydrogens is 178 g/mol. The van der Waals surface area contributed by atoms with Crippen LogP contribution in [0.1, 0.15) is 13.3 Å². The highest BCUT2D eigenvalue weighted by Gasteiger charge is 2.15. The van der Waals surface area contributed by atoms with E-state index in [-0.39, 0.29) is 5.91 Å². The molecule has 0 aliphatic heterocycles. The van der Waals surface area contributed by atoms with Crippen molar-refractivity contribution in [2.75, 3.05) is 7.05 Å². The van der Waals surface area contributed by atoms with Crippen molar-refractivity contribution in [3.05, 3.63) is 30.3 Å². The summed E-state index contributed by atoms with van der Waals surface area (Å²) in [6.45, 7) is 1.92. The van der Waals surface area contributed by atoms with E-state index in [1.807, 2.05) is 37.3 Å². The molecule has 3 heteroatoms. The first-order valence-corrected chi connectivity index (χ1v) is 4.71. The van der Waals surface area contributed by atoms with Gasteiger partial charge in [-0.05, 0) is 18.6 Å². The second kappa shape index (κ2) is 5.27. The summed E-state index contributed by atoms with van der Waals surface area (Å²) in [7, 11) is 1.61. The predicted molar refractivity (Wildman–Crippen MR) is 55.2 cm³/mol. The molecule has 0 aliphatic carbocycles. The van der Waals surface area contributed by atoms with Crippen LogP contribution in [0.25, 0.3) is 0 Å². The van der Waals surface area contributed by atoms with E-state index in [1.165, 1.54) is 0 Å². The van der Waals surface area contributed by atoms with Gasteiger partial charge in [0, 0.05) is 7.05 Å². The molecule has 1 aromatic rings. The average Bonchev–Trinajstić information content (AvgIpc) is 2.26. The van der Waals surface area contributed by atoms with Gasteiger partial charge in [-0.3, -0.25) is 4.79 Å². The number of carbonyl (C=O) groups is 1. The fourth-order valence-electron chi connectivity index (χ4n) is 1.15. The van der Waals surface area contributed by atoms with Crippen molar-refractivity contribution in [3.8, 4) is 5.75 Å². The lowest BCUT2D eigenvalue weighted by Gasteiger charge is -2.15. The van der Waals surface area contributed by atoms with Gasteiger partial charge in [-0.15, -0.1) is 0 Å². The number of amides is 1. The Hall–Kier alpha value is -1.51. The molecule has 0 saturated carbocycles. The minimum atomic E-state index is -0.401. The molecule has 0 aliphatic rings. The number of ether oxygens (including phenoxy) is 1. The Kier molecular flexibility index (Phi) is 3.98. The number of benzene rings is 1. The summed E-state index contributed by atoms with van der Waals surface area (Å²) < 4.78 is 5.50. The van der Waals surface area contributed by atoms with Gasteiger partial charge in [-0.2, -0.15) is 0 Å². The second-order valence-corrected chi connectivity index (χ2v) is 2.94. The molecule has 1 atom stereocenters. The van der Waals surface area contributed by atoms with Crippen molar-refractivity contribution in [2.24, 2.45) is 0 Å². The first-order chi connectivity index (χ1) is 6.77. The number of hydrogen-bond donors (Lipinski definition) is 1. The minimum Gasteiger partial charge on any atom is -0.481 e. The van der Waals surface area contributed by atoms with Gasteiger partial charge < -0.3 is 10.1 Å². The van der Waals surface area contributed by atoms with Gasteiger partial charge in [-0.1, -0.05) is 25.1 Å². The van der Waals surface area contributed by atoms with Crippen LogP contribution in [0.5, 0.6) is 5.75 Å². The number of likely N-dealkylation sites (N-methyl/N-ethyl adjacent to an activating group) is 1. The monoisotopic (exact) mass is 193 g/mol. The lowest BCUT2D eigenvalue weighted by atomic mass is 10.2. The fourth-order valence-corrected chi connectivity index (χ4v) is 1.15. The van der Waals surface area contributed by atoms with Crippen molar-refractivity contribution in [1.82, 2.24) is 5.32 Å². The van der Waals surface area contributed by atoms with E-state index >= 15 is 0 Å². The Balaban J connectivity index is 2.62. The number of para-hydroxylation sites is 1. The Morgan fingerprint density at radius 2 is 2.07 bits per heavy atom. The Morgan fingerprint density at radius 3 is 2.57 bits per heavy atom. The lowest BCUT2D eigenvalue weighted by molar-refractivity contribution is -0.127. The fraction of sp³-hybridized carbons (Fsp3) is 0.364. The molecule has 0 unspecified atom stereocenters. The van der Waals surface area contributed by atoms with Gasteiger partial charge in [0.15, 0.2) is 6.10 Å². The number of rotatable bonds is 4. The molecule has 0 fully saturated rings. The molecule has 3 nitrogen and oxygen atoms in total. The number of carbonyl (C=O) groups excluding carboxylic acids is 1. The number of nitrogens with one attached hydrogen (secondary N) is 1. The third kappa shape index (κ3) is 2.76. The van der Waals surface area contributed by atoms with Crippen LogP contribution in [0.15, 0.2) is 30.3 Å². The normalized spacial score (nSPS) is 11.9. The summed E-state index contributed by atoms with van der Waals surface area (Å²) in [5.74, 6) is 0.638. The summed E-state index contributed by atoms with van der Waals surface area (Å²) in [6.07, 6.45) is 0.261. The molecule has 0 saturated heterocycles. The van der Waals surface area contributed by atoms with Crippen LogP contribution in [-0.4, -0.2) is 19.1 Å². The maximum atomic E-state index is 11.3. The summed E-state index contributed by atoms with van der Waals surface area (Å²) in [4.78, 5) is 11.3. The van der Waals surface area contributed by atoms with Crippen LogP contribution >= 0.6 is 0 Å². The highest BCUT2D eigenvalue weighted by molar-refractivity contribution is 5.80. The Labute approximate surface area is 84.1 Å². The van der Waals surface area contributed by atoms with E-state index < -0.39 is 6.10 Å². The predicted octanol–water partition coefficient (Wildman–Crippen LogP) is 1.59. The van der Waals surface area contributed by atoms with Crippen LogP contribution in [-0.2, 0) is 4.79 Å². The molecule has 1 N–H and O–H groups in total. The summed E-state index contributed by atoms with van der Waals surface area (Å²) >= 11 is 0. The van der Waals surface area contributed by atoms with Crippen molar-refractivity contribution in [3.63, 3.8) is 0 Å². The van der Waals surface area contributed by atoms with Crippen molar-refractivity contribution in [1.29, 1.82) is 0 Å². The molecule has 76 valence electrons. The van der Waals surface area contributed by atoms with Gasteiger partial charge in [0.05, 0.1) is 0 Å². The summed E-state index contributed by atoms with van der Waals surface area (Å²) in [6, 6.07) is 9.35. The third-order valence-electron chi connectivity index (χ3n) is 1.93. The van der Waals surface area contributed by atoms with Crippen LogP contribution in [0.2, 0.25) is 0 Å². The van der Waals surface area contributed by atoms with E-state index in [4.69, 9.17) is 4.74 Å². The summed E-state index contributed by atoms with van der Waals surface area (Å²) in [5, 5.41) is 2.57. The van der Waals surface area contributed by atoms with Gasteiger partial charge in [0.25, 0.3) is 5.91 Å². The molecule has 1 aromatic carbocycles. The first-order valence-electron chi connectivity index (χ1n) is 4.71. The van der Waals surface area contributed by atoms with Gasteiger partial charge in [0.2, 0.25) is 0 Å². The van der Waals surface area contributed by atoms with Crippen molar-refractivity contribution >= 4 is 5.91 Å². The highest BCUT2D eigenvalue weighted by atomic mass is 16.5. The third-order valence-corrected chi connectivity index (χ3v) is 1.93. The smallest absolute Gasteiger partial charge is 0.260 e. The van der Waals surface area contributed by atoms with Gasteiger partial charge in [-0.25, -0.2) is 0 Å². The van der Waals surface area contributed by atoms with Crippen LogP contribution in [0.3, 0.4) is 0 Å². The highest BCUT2D eigenvalue weighted by Crippen LogP contribution is 2.12. The molecule has 0 radical (unpaired) electrons. The maximum Gasteiger partial charge on any atom is 0.260 e. The molecule has 0 spiro atoms. The average molecular weight is 193 g/mol. The zero-order chi connectivity index (χ0) is 10.4. The van der Waals surface area contributed by atoms with Crippen LogP contribution < -0.4 is 10.1 Å². The Bertz CT molecular complexity index is 285. The molecule has 0 aromatic heterocycles. The van der Waals surface area contributed by atoms with E-state index in [2.05, 4.69) is 5.32 Å². The molecule has 1 rings (SSSR count). The lowest BCUT2D eigenvalue weighted by Crippen LogP contribution is -2.35. The largest absolute Gasteiger partial charge is 0.481 e. The molecular formula is C11H15NO2. The zero-order valence-electron chi connectivity index (χ0n) is 8.49. The molecule has 0 heterocycles. The molecule has 0 bridgehead atoms. The zero-order valence-corrected chi connectivity index (χ0v) is 8.49. The van der Waals surface area contributed by atoms with E-state index in [0.29, 0.717) is 6.42 Å². The molecule has 1 amide bonds. The van der Waals surface area contributed by atoms with E-state index in [0.717, 1.165) is 5.75 Å². The number of hydrogen-bond acceptors (Lipinski definition) is 2. The van der Waals surface area contributed by atoms with Crippen molar-refractivity contribution in [2.45, 2.75) is 19.4 Å². The first kappa shape index (κ1) is 10.6. The summed E-state index contributed by atoms with van der Waals surface area (Å²) in [5.41, 5.74) is 0. The quantitative estimate of drug-likeness (QED) is 0.788. The minimum absolute atomic E-state index is 0.0867. The molecule has 14 heavy (non-hydrogen) atoms. The topological polar surface area (TPSA) is 38.3 Å².